The molecule has 9 heteroatoms. The van der Waals surface area contributed by atoms with Crippen molar-refractivity contribution in [2.75, 3.05) is 6.61 Å². The van der Waals surface area contributed by atoms with E-state index < -0.39 is 16.0 Å². The van der Waals surface area contributed by atoms with Crippen LogP contribution in [0.2, 0.25) is 0 Å². The van der Waals surface area contributed by atoms with Crippen LogP contribution in [-0.2, 0) is 21.8 Å². The number of aromatic nitrogens is 2. The molecule has 0 spiro atoms. The first-order chi connectivity index (χ1) is 7.29. The summed E-state index contributed by atoms with van der Waals surface area (Å²) < 4.78 is 28.4. The predicted octanol–water partition coefficient (Wildman–Crippen LogP) is 0.00670. The van der Waals surface area contributed by atoms with E-state index in [0.29, 0.717) is 0 Å². The molecule has 0 saturated heterocycles. The highest BCUT2D eigenvalue weighted by molar-refractivity contribution is 9.10. The topological polar surface area (TPSA) is 104 Å². The van der Waals surface area contributed by atoms with E-state index in [-0.39, 0.29) is 21.8 Å². The van der Waals surface area contributed by atoms with E-state index in [1.807, 2.05) is 0 Å². The van der Waals surface area contributed by atoms with E-state index in [2.05, 4.69) is 21.0 Å². The van der Waals surface area contributed by atoms with Crippen LogP contribution in [0.1, 0.15) is 17.3 Å². The van der Waals surface area contributed by atoms with Crippen LogP contribution in [0.15, 0.2) is 9.63 Å². The van der Waals surface area contributed by atoms with Gasteiger partial charge in [0, 0.05) is 7.05 Å². The highest BCUT2D eigenvalue weighted by Gasteiger charge is 2.29. The zero-order valence-electron chi connectivity index (χ0n) is 8.60. The number of aryl methyl sites for hydroxylation is 1. The number of esters is 1. The molecule has 2 N–H and O–H groups in total. The molecular weight excluding hydrogens is 302 g/mol. The standard InChI is InChI=1S/C7H10BrN3O4S/c1-3-15-7(12)4-5(8)10-11(2)6(4)16(9,13)14/h3H2,1-2H3,(H2,9,13,14). The minimum absolute atomic E-state index is 0.0810. The van der Waals surface area contributed by atoms with Crippen molar-refractivity contribution in [3.05, 3.63) is 10.2 Å². The number of hydrogen-bond acceptors (Lipinski definition) is 5. The summed E-state index contributed by atoms with van der Waals surface area (Å²) >= 11 is 2.98. The largest absolute Gasteiger partial charge is 0.462 e. The average Bonchev–Trinajstić information content (AvgIpc) is 2.40. The maximum atomic E-state index is 11.5. The number of carbonyl (C=O) groups is 1. The van der Waals surface area contributed by atoms with Gasteiger partial charge in [0.2, 0.25) is 0 Å². The quantitative estimate of drug-likeness (QED) is 0.792. The Labute approximate surface area is 101 Å². The molecule has 90 valence electrons. The van der Waals surface area contributed by atoms with Crippen LogP contribution >= 0.6 is 15.9 Å². The lowest BCUT2D eigenvalue weighted by molar-refractivity contribution is 0.0520. The summed E-state index contributed by atoms with van der Waals surface area (Å²) in [5, 5.41) is 8.37. The molecule has 0 atom stereocenters. The van der Waals surface area contributed by atoms with Crippen LogP contribution in [0.5, 0.6) is 0 Å². The zero-order valence-corrected chi connectivity index (χ0v) is 11.0. The Kier molecular flexibility index (Phi) is 3.71. The van der Waals surface area contributed by atoms with Crippen molar-refractivity contribution in [2.24, 2.45) is 12.2 Å². The van der Waals surface area contributed by atoms with Gasteiger partial charge in [-0.25, -0.2) is 18.4 Å². The summed E-state index contributed by atoms with van der Waals surface area (Å²) in [5.41, 5.74) is -0.188. The number of rotatable bonds is 3. The van der Waals surface area contributed by atoms with Gasteiger partial charge in [-0.15, -0.1) is 0 Å². The highest BCUT2D eigenvalue weighted by Crippen LogP contribution is 2.23. The molecule has 0 aromatic carbocycles. The van der Waals surface area contributed by atoms with Gasteiger partial charge in [-0.05, 0) is 22.9 Å². The first kappa shape index (κ1) is 13.1. The molecule has 1 rings (SSSR count). The Bertz CT molecular complexity index is 522. The summed E-state index contributed by atoms with van der Waals surface area (Å²) in [6, 6.07) is 0. The number of ether oxygens (including phenoxy) is 1. The summed E-state index contributed by atoms with van der Waals surface area (Å²) in [5.74, 6) is -0.786. The lowest BCUT2D eigenvalue weighted by Crippen LogP contribution is -2.20. The Morgan fingerprint density at radius 1 is 1.62 bits per heavy atom. The minimum Gasteiger partial charge on any atom is -0.462 e. The molecule has 0 bridgehead atoms. The van der Waals surface area contributed by atoms with E-state index in [1.165, 1.54) is 7.05 Å². The molecule has 0 aliphatic carbocycles. The Morgan fingerprint density at radius 2 is 2.19 bits per heavy atom. The van der Waals surface area contributed by atoms with Gasteiger partial charge < -0.3 is 4.74 Å². The van der Waals surface area contributed by atoms with Gasteiger partial charge in [-0.3, -0.25) is 4.68 Å². The molecule has 1 heterocycles. The molecule has 0 unspecified atom stereocenters. The number of primary sulfonamides is 1. The number of carbonyl (C=O) groups excluding carboxylic acids is 1. The third-order valence-corrected chi connectivity index (χ3v) is 3.26. The molecule has 0 fully saturated rings. The van der Waals surface area contributed by atoms with Crippen molar-refractivity contribution in [3.63, 3.8) is 0 Å². The van der Waals surface area contributed by atoms with Crippen LogP contribution in [0, 0.1) is 0 Å². The van der Waals surface area contributed by atoms with Gasteiger partial charge in [0.15, 0.2) is 5.03 Å². The molecule has 1 aromatic heterocycles. The predicted molar refractivity (Wildman–Crippen MR) is 58.2 cm³/mol. The zero-order chi connectivity index (χ0) is 12.5. The van der Waals surface area contributed by atoms with Crippen molar-refractivity contribution >= 4 is 31.9 Å². The lowest BCUT2D eigenvalue weighted by Gasteiger charge is -2.03. The molecular formula is C7H10BrN3O4S. The normalized spacial score (nSPS) is 11.5. The maximum Gasteiger partial charge on any atom is 0.343 e. The lowest BCUT2D eigenvalue weighted by atomic mass is 10.4. The number of hydrogen-bond donors (Lipinski definition) is 1. The van der Waals surface area contributed by atoms with Crippen LogP contribution < -0.4 is 5.14 Å². The summed E-state index contributed by atoms with van der Waals surface area (Å²) in [7, 11) is -2.67. The molecule has 16 heavy (non-hydrogen) atoms. The second-order valence-corrected chi connectivity index (χ2v) is 5.09. The number of nitrogens with two attached hydrogens (primary N) is 1. The molecule has 0 amide bonds. The molecule has 0 aliphatic heterocycles. The van der Waals surface area contributed by atoms with Gasteiger partial charge in [0.1, 0.15) is 10.2 Å². The van der Waals surface area contributed by atoms with E-state index in [1.54, 1.807) is 6.92 Å². The Hall–Kier alpha value is -0.930. The third-order valence-electron chi connectivity index (χ3n) is 1.70. The van der Waals surface area contributed by atoms with E-state index >= 15 is 0 Å². The van der Waals surface area contributed by atoms with Gasteiger partial charge in [0.05, 0.1) is 6.61 Å². The van der Waals surface area contributed by atoms with Crippen LogP contribution in [0.3, 0.4) is 0 Å². The average molecular weight is 312 g/mol. The molecule has 1 aromatic rings. The fourth-order valence-corrected chi connectivity index (χ4v) is 2.77. The van der Waals surface area contributed by atoms with E-state index in [4.69, 9.17) is 9.88 Å². The second kappa shape index (κ2) is 4.52. The Morgan fingerprint density at radius 3 is 2.62 bits per heavy atom. The number of sulfonamides is 1. The smallest absolute Gasteiger partial charge is 0.343 e. The second-order valence-electron chi connectivity index (χ2n) is 2.86. The number of halogens is 1. The fourth-order valence-electron chi connectivity index (χ4n) is 1.18. The fraction of sp³-hybridized carbons (Fsp3) is 0.429. The Balaban J connectivity index is 3.44. The van der Waals surface area contributed by atoms with Gasteiger partial charge in [-0.2, -0.15) is 5.10 Å². The van der Waals surface area contributed by atoms with Crippen molar-refractivity contribution in [1.82, 2.24) is 9.78 Å². The van der Waals surface area contributed by atoms with Crippen LogP contribution in [-0.4, -0.2) is 30.8 Å². The monoisotopic (exact) mass is 311 g/mol. The van der Waals surface area contributed by atoms with Gasteiger partial charge in [-0.1, -0.05) is 0 Å². The number of nitrogens with zero attached hydrogens (tertiary/aromatic N) is 2. The summed E-state index contributed by atoms with van der Waals surface area (Å²) in [4.78, 5) is 11.5. The summed E-state index contributed by atoms with van der Waals surface area (Å²) in [6.07, 6.45) is 0. The minimum atomic E-state index is -4.04. The first-order valence-electron chi connectivity index (χ1n) is 4.21. The molecule has 0 saturated carbocycles. The maximum absolute atomic E-state index is 11.5. The first-order valence-corrected chi connectivity index (χ1v) is 6.55. The van der Waals surface area contributed by atoms with Gasteiger partial charge >= 0.3 is 5.97 Å². The van der Waals surface area contributed by atoms with Crippen molar-refractivity contribution in [2.45, 2.75) is 11.9 Å². The molecule has 7 nitrogen and oxygen atoms in total. The van der Waals surface area contributed by atoms with Crippen molar-refractivity contribution < 1.29 is 17.9 Å². The summed E-state index contributed by atoms with van der Waals surface area (Å²) in [6.45, 7) is 1.74. The van der Waals surface area contributed by atoms with E-state index in [0.717, 1.165) is 4.68 Å². The van der Waals surface area contributed by atoms with Crippen molar-refractivity contribution in [1.29, 1.82) is 0 Å². The van der Waals surface area contributed by atoms with Crippen LogP contribution in [0.25, 0.3) is 0 Å². The van der Waals surface area contributed by atoms with Crippen molar-refractivity contribution in [3.8, 4) is 0 Å². The molecule has 0 aliphatic rings. The highest BCUT2D eigenvalue weighted by atomic mass is 79.9. The van der Waals surface area contributed by atoms with Gasteiger partial charge in [0.25, 0.3) is 10.0 Å². The molecule has 0 radical (unpaired) electrons. The SMILES string of the molecule is CCOC(=O)c1c(Br)nn(C)c1S(N)(=O)=O. The van der Waals surface area contributed by atoms with E-state index in [9.17, 15) is 13.2 Å². The third kappa shape index (κ3) is 2.42. The van der Waals surface area contributed by atoms with Crippen LogP contribution in [0.4, 0.5) is 0 Å².